The maximum atomic E-state index is 10.0. The first kappa shape index (κ1) is 7.22. The summed E-state index contributed by atoms with van der Waals surface area (Å²) >= 11 is 0. The molecule has 2 amide bonds. The minimum Gasteiger partial charge on any atom is -0.340 e. The zero-order valence-corrected chi connectivity index (χ0v) is 5.07. The Labute approximate surface area is 48.2 Å². The predicted octanol–water partition coefficient (Wildman–Crippen LogP) is -1.56. The Kier molecular flexibility index (Phi) is 2.93. The molecular weight excluding hydrogens is 132 g/mol. The third-order valence-electron chi connectivity index (χ3n) is 0.420. The summed E-state index contributed by atoms with van der Waals surface area (Å²) in [5.41, 5.74) is 0. The molecule has 48 valence electrons. The second-order valence-electron chi connectivity index (χ2n) is 0.948. The molecule has 0 atom stereocenters. The number of amides is 2. The normalized spacial score (nSPS) is 8.75. The molecule has 0 spiro atoms. The van der Waals surface area contributed by atoms with Gasteiger partial charge >= 0.3 is 6.03 Å². The van der Waals surface area contributed by atoms with Crippen molar-refractivity contribution in [2.45, 2.75) is 0 Å². The summed E-state index contributed by atoms with van der Waals surface area (Å²) in [4.78, 5) is 10.0. The number of thiol groups is 1. The van der Waals surface area contributed by atoms with Gasteiger partial charge in [-0.1, -0.05) is 0 Å². The summed E-state index contributed by atoms with van der Waals surface area (Å²) in [5, 5.41) is 2.06. The summed E-state index contributed by atoms with van der Waals surface area (Å²) in [5.74, 6) is 0. The van der Waals surface area contributed by atoms with E-state index in [4.69, 9.17) is 0 Å². The van der Waals surface area contributed by atoms with Crippen molar-refractivity contribution in [2.75, 3.05) is 7.05 Å². The van der Waals surface area contributed by atoms with Gasteiger partial charge in [-0.05, 0) is 0 Å². The summed E-state index contributed by atoms with van der Waals surface area (Å²) in [6.07, 6.45) is 0. The summed E-state index contributed by atoms with van der Waals surface area (Å²) in [6, 6.07) is -0.721. The molecule has 5 nitrogen and oxygen atoms in total. The van der Waals surface area contributed by atoms with Gasteiger partial charge in [0.1, 0.15) is 0 Å². The fourth-order valence-corrected chi connectivity index (χ4v) is 0.416. The maximum Gasteiger partial charge on any atom is 0.327 e. The zero-order valence-electron chi connectivity index (χ0n) is 4.17. The molecular formula is C2H6N2O3S. The van der Waals surface area contributed by atoms with Gasteiger partial charge in [0, 0.05) is 7.05 Å². The highest BCUT2D eigenvalue weighted by atomic mass is 32.2. The van der Waals surface area contributed by atoms with E-state index >= 15 is 0 Å². The van der Waals surface area contributed by atoms with Crippen LogP contribution in [0.25, 0.3) is 0 Å². The van der Waals surface area contributed by atoms with E-state index in [0.29, 0.717) is 0 Å². The molecule has 0 saturated carbocycles. The molecule has 0 heterocycles. The van der Waals surface area contributed by atoms with Gasteiger partial charge in [0.05, 0.1) is 0 Å². The average Bonchev–Trinajstić information content (AvgIpc) is 1.65. The van der Waals surface area contributed by atoms with Crippen molar-refractivity contribution in [1.82, 2.24) is 10.0 Å². The molecule has 0 unspecified atom stereocenters. The third kappa shape index (κ3) is 3.41. The van der Waals surface area contributed by atoms with E-state index in [2.05, 4.69) is 5.32 Å². The van der Waals surface area contributed by atoms with Crippen molar-refractivity contribution in [3.8, 4) is 0 Å². The lowest BCUT2D eigenvalue weighted by molar-refractivity contribution is 0.248. The molecule has 0 aromatic rings. The van der Waals surface area contributed by atoms with Crippen molar-refractivity contribution >= 4 is 16.9 Å². The first-order valence-electron chi connectivity index (χ1n) is 1.79. The fraction of sp³-hybridized carbons (Fsp3) is 0.500. The number of hydrogen-bond acceptors (Lipinski definition) is 3. The van der Waals surface area contributed by atoms with Crippen LogP contribution in [0, 0.1) is 0 Å². The average molecular weight is 138 g/mol. The lowest BCUT2D eigenvalue weighted by atomic mass is 11.0. The fourth-order valence-electron chi connectivity index (χ4n) is 0.139. The highest BCUT2D eigenvalue weighted by molar-refractivity contribution is 7.70. The molecule has 0 radical (unpaired) electrons. The number of carbonyl (C=O) groups excluding carboxylic acids is 1. The minimum absolute atomic E-state index is 0.721. The van der Waals surface area contributed by atoms with Crippen molar-refractivity contribution in [3.63, 3.8) is 0 Å². The molecule has 6 heteroatoms. The molecule has 0 aliphatic rings. The minimum atomic E-state index is -2.81. The number of urea groups is 1. The molecule has 0 bridgehead atoms. The van der Waals surface area contributed by atoms with Gasteiger partial charge in [0.25, 0.3) is 0 Å². The van der Waals surface area contributed by atoms with Crippen LogP contribution in [0.15, 0.2) is 0 Å². The second kappa shape index (κ2) is 3.25. The van der Waals surface area contributed by atoms with Crippen LogP contribution in [0.5, 0.6) is 0 Å². The van der Waals surface area contributed by atoms with Crippen LogP contribution in [0.1, 0.15) is 0 Å². The number of rotatable bonds is 1. The Hall–Kier alpha value is -0.780. The number of hydrogen-bond donors (Lipinski definition) is 3. The second-order valence-corrected chi connectivity index (χ2v) is 1.69. The Morgan fingerprint density at radius 3 is 2.12 bits per heavy atom. The van der Waals surface area contributed by atoms with E-state index in [1.54, 1.807) is 4.72 Å². The Morgan fingerprint density at radius 2 is 2.00 bits per heavy atom. The van der Waals surface area contributed by atoms with Crippen LogP contribution in [-0.4, -0.2) is 21.5 Å². The van der Waals surface area contributed by atoms with Crippen molar-refractivity contribution in [2.24, 2.45) is 0 Å². The smallest absolute Gasteiger partial charge is 0.327 e. The lowest BCUT2D eigenvalue weighted by Gasteiger charge is -1.91. The molecule has 2 N–H and O–H groups in total. The van der Waals surface area contributed by atoms with Crippen molar-refractivity contribution < 1.29 is 13.2 Å². The monoisotopic (exact) mass is 138 g/mol. The summed E-state index contributed by atoms with van der Waals surface area (Å²) in [6.45, 7) is 0. The van der Waals surface area contributed by atoms with Crippen molar-refractivity contribution in [1.29, 1.82) is 0 Å². The van der Waals surface area contributed by atoms with E-state index in [-0.39, 0.29) is 0 Å². The van der Waals surface area contributed by atoms with Crippen molar-refractivity contribution in [3.05, 3.63) is 0 Å². The highest BCUT2D eigenvalue weighted by Gasteiger charge is 1.91. The number of nitrogens with one attached hydrogen (secondary N) is 2. The largest absolute Gasteiger partial charge is 0.340 e. The molecule has 0 aromatic heterocycles. The molecule has 0 aromatic carbocycles. The molecule has 0 rings (SSSR count). The van der Waals surface area contributed by atoms with Crippen LogP contribution >= 0.6 is 0 Å². The topological polar surface area (TPSA) is 75.3 Å². The van der Waals surface area contributed by atoms with Gasteiger partial charge in [-0.2, -0.15) is 0 Å². The molecule has 8 heavy (non-hydrogen) atoms. The van der Waals surface area contributed by atoms with E-state index in [1.807, 2.05) is 0 Å². The standard InChI is InChI=1S/C2H6N2O3S/c1-3-2(5)4-8(6)7/h8H,1H3,(H2,3,4,5,6,7). The van der Waals surface area contributed by atoms with Crippen LogP contribution in [0.2, 0.25) is 0 Å². The van der Waals surface area contributed by atoms with Crippen LogP contribution in [-0.2, 0) is 10.9 Å². The SMILES string of the molecule is CNC(=O)N[SH](=O)=O. The zero-order chi connectivity index (χ0) is 6.57. The Bertz CT molecular complexity index is 143. The molecule has 0 aliphatic heterocycles. The third-order valence-corrected chi connectivity index (χ3v) is 0.806. The Balaban J connectivity index is 3.56. The van der Waals surface area contributed by atoms with Gasteiger partial charge in [0.2, 0.25) is 10.9 Å². The van der Waals surface area contributed by atoms with E-state index in [1.165, 1.54) is 7.05 Å². The highest BCUT2D eigenvalue weighted by Crippen LogP contribution is 1.56. The summed E-state index contributed by atoms with van der Waals surface area (Å²) < 4.78 is 20.9. The van der Waals surface area contributed by atoms with Gasteiger partial charge in [-0.15, -0.1) is 0 Å². The van der Waals surface area contributed by atoms with E-state index < -0.39 is 16.9 Å². The Morgan fingerprint density at radius 1 is 1.50 bits per heavy atom. The number of carbonyl (C=O) groups is 1. The lowest BCUT2D eigenvalue weighted by Crippen LogP contribution is -2.31. The first-order valence-corrected chi connectivity index (χ1v) is 2.97. The van der Waals surface area contributed by atoms with Crippen LogP contribution < -0.4 is 10.0 Å². The quantitative estimate of drug-likeness (QED) is 0.384. The molecule has 0 fully saturated rings. The van der Waals surface area contributed by atoms with Gasteiger partial charge in [-0.25, -0.2) is 17.9 Å². The van der Waals surface area contributed by atoms with Gasteiger partial charge in [0.15, 0.2) is 0 Å². The van der Waals surface area contributed by atoms with E-state index in [9.17, 15) is 13.2 Å². The summed E-state index contributed by atoms with van der Waals surface area (Å²) in [7, 11) is -1.48. The molecule has 0 aliphatic carbocycles. The van der Waals surface area contributed by atoms with Gasteiger partial charge in [-0.3, -0.25) is 0 Å². The first-order chi connectivity index (χ1) is 3.66. The van der Waals surface area contributed by atoms with Gasteiger partial charge < -0.3 is 5.32 Å². The molecule has 0 saturated heterocycles. The van der Waals surface area contributed by atoms with Crippen LogP contribution in [0.3, 0.4) is 0 Å². The maximum absolute atomic E-state index is 10.0. The van der Waals surface area contributed by atoms with E-state index in [0.717, 1.165) is 0 Å². The van der Waals surface area contributed by atoms with Crippen LogP contribution in [0.4, 0.5) is 4.79 Å². The predicted molar refractivity (Wildman–Crippen MR) is 27.9 cm³/mol.